The van der Waals surface area contributed by atoms with Crippen LogP contribution in [0.25, 0.3) is 10.8 Å². The number of rotatable bonds is 0. The van der Waals surface area contributed by atoms with Crippen molar-refractivity contribution in [3.05, 3.63) is 70.7 Å². The van der Waals surface area contributed by atoms with E-state index in [1.807, 2.05) is 12.2 Å². The van der Waals surface area contributed by atoms with Gasteiger partial charge in [-0.2, -0.15) is 13.2 Å². The van der Waals surface area contributed by atoms with E-state index in [2.05, 4.69) is 71.5 Å². The Labute approximate surface area is 152 Å². The molecule has 2 aromatic rings. The molecule has 3 nitrogen and oxygen atoms in total. The monoisotopic (exact) mass is 412 g/mol. The van der Waals surface area contributed by atoms with Gasteiger partial charge in [-0.05, 0) is 23.3 Å². The summed E-state index contributed by atoms with van der Waals surface area (Å²) in [6, 6.07) is 14.8. The van der Waals surface area contributed by atoms with Crippen molar-refractivity contribution >= 4 is 20.9 Å². The Morgan fingerprint density at radius 3 is 2.04 bits per heavy atom. The second-order valence-electron chi connectivity index (χ2n) is 4.93. The molecule has 8 heteroatoms. The number of benzene rings is 2. The Morgan fingerprint density at radius 2 is 1.64 bits per heavy atom. The third-order valence-electron chi connectivity index (χ3n) is 3.01. The number of hydrogen-bond acceptors (Lipinski definition) is 3. The molecule has 1 aliphatic carbocycles. The van der Waals surface area contributed by atoms with E-state index in [-0.39, 0.29) is 0 Å². The molecule has 0 aliphatic heterocycles. The van der Waals surface area contributed by atoms with Gasteiger partial charge in [-0.25, -0.2) is 8.42 Å². The summed E-state index contributed by atoms with van der Waals surface area (Å²) in [6.07, 6.45) is 7.21. The molecule has 0 radical (unpaired) electrons. The van der Waals surface area contributed by atoms with Crippen molar-refractivity contribution in [3.63, 3.8) is 0 Å². The molecule has 25 heavy (non-hydrogen) atoms. The standard InChI is InChI=1S/C11H10.C5H5.CHF3O3S.Fe/c1-9-5-4-7-10-6-2-3-8-11(9)10;1-2-4-5-3-1;2-1(3,4)8(5,6)7;/h2-8H,1H3;1-3H,4H2;(H,5,6,7);/q;;;+1/p-1. The molecule has 1 aliphatic rings. The van der Waals surface area contributed by atoms with Crippen molar-refractivity contribution in [1.29, 1.82) is 0 Å². The fraction of sp³-hybridized carbons (Fsp3) is 0.176. The normalized spacial score (nSPS) is 13.4. The second-order valence-corrected chi connectivity index (χ2v) is 7.01. The molecule has 0 bridgehead atoms. The maximum atomic E-state index is 10.7. The van der Waals surface area contributed by atoms with Crippen molar-refractivity contribution in [1.82, 2.24) is 0 Å². The topological polar surface area (TPSA) is 57.2 Å². The second kappa shape index (κ2) is 9.20. The molecule has 136 valence electrons. The molecule has 0 heterocycles. The molecule has 0 atom stereocenters. The van der Waals surface area contributed by atoms with Crippen LogP contribution in [0, 0.1) is 6.92 Å². The van der Waals surface area contributed by atoms with Crippen molar-refractivity contribution < 1.29 is 42.2 Å². The number of aryl methyl sites for hydroxylation is 1. The van der Waals surface area contributed by atoms with Crippen molar-refractivity contribution in [2.24, 2.45) is 0 Å². The van der Waals surface area contributed by atoms with Crippen LogP contribution in [0.4, 0.5) is 13.2 Å². The maximum absolute atomic E-state index is 10.7. The van der Waals surface area contributed by atoms with Crippen LogP contribution in [-0.4, -0.2) is 18.5 Å². The van der Waals surface area contributed by atoms with E-state index in [1.165, 1.54) is 20.8 Å². The molecule has 0 aromatic heterocycles. The zero-order chi connectivity index (χ0) is 19.1. The molecule has 0 saturated heterocycles. The third kappa shape index (κ3) is 7.44. The summed E-state index contributed by atoms with van der Waals surface area (Å²) in [5.74, 6) is 0. The Hall–Kier alpha value is -1.60. The summed E-state index contributed by atoms with van der Waals surface area (Å²) < 4.78 is 60.1. The summed E-state index contributed by atoms with van der Waals surface area (Å²) in [5, 5.41) is 2.68. The van der Waals surface area contributed by atoms with Gasteiger partial charge in [-0.3, -0.25) is 0 Å². The van der Waals surface area contributed by atoms with Gasteiger partial charge in [0.05, 0.1) is 0 Å². The van der Waals surface area contributed by atoms with Gasteiger partial charge >= 0.3 is 50.6 Å². The van der Waals surface area contributed by atoms with Gasteiger partial charge < -0.3 is 4.55 Å². The molecular weight excluding hydrogens is 397 g/mol. The Balaban J connectivity index is 0.000000198. The molecule has 2 aromatic carbocycles. The Bertz CT molecular complexity index is 867. The summed E-state index contributed by atoms with van der Waals surface area (Å²) in [7, 11) is -6.09. The minimum absolute atomic E-state index is 1.06. The van der Waals surface area contributed by atoms with Crippen LogP contribution >= 0.6 is 0 Å². The van der Waals surface area contributed by atoms with E-state index in [4.69, 9.17) is 13.0 Å². The van der Waals surface area contributed by atoms with Gasteiger partial charge in [0.2, 0.25) is 0 Å². The van der Waals surface area contributed by atoms with Crippen LogP contribution in [0.2, 0.25) is 0 Å². The van der Waals surface area contributed by atoms with Crippen molar-refractivity contribution in [2.45, 2.75) is 18.9 Å². The quantitative estimate of drug-likeness (QED) is 0.362. The zero-order valence-electron chi connectivity index (χ0n) is 13.1. The molecule has 0 amide bonds. The molecule has 0 N–H and O–H groups in total. The summed E-state index contributed by atoms with van der Waals surface area (Å²) in [4.78, 5) is 0. The Kier molecular flexibility index (Phi) is 7.89. The van der Waals surface area contributed by atoms with Crippen LogP contribution in [0.1, 0.15) is 12.0 Å². The molecule has 0 spiro atoms. The van der Waals surface area contributed by atoms with Crippen LogP contribution in [0.3, 0.4) is 0 Å². The van der Waals surface area contributed by atoms with E-state index < -0.39 is 15.6 Å². The van der Waals surface area contributed by atoms with Crippen LogP contribution in [0.15, 0.2) is 65.2 Å². The average Bonchev–Trinajstić information content (AvgIpc) is 2.98. The Morgan fingerprint density at radius 1 is 1.08 bits per heavy atom. The molecule has 3 rings (SSSR count). The predicted octanol–water partition coefficient (Wildman–Crippen LogP) is 4.58. The number of alkyl halides is 3. The van der Waals surface area contributed by atoms with Gasteiger partial charge in [0.1, 0.15) is 0 Å². The number of allylic oxidation sites excluding steroid dienone is 4. The van der Waals surface area contributed by atoms with E-state index in [1.54, 1.807) is 0 Å². The van der Waals surface area contributed by atoms with Gasteiger partial charge in [-0.1, -0.05) is 42.5 Å². The van der Waals surface area contributed by atoms with Crippen molar-refractivity contribution in [2.75, 3.05) is 0 Å². The molecule has 0 fully saturated rings. The number of hydrogen-bond donors (Lipinski definition) is 0. The van der Waals surface area contributed by atoms with Crippen LogP contribution < -0.4 is 0 Å². The summed E-state index contributed by atoms with van der Waals surface area (Å²) in [5.41, 5.74) is -4.30. The number of halogens is 3. The third-order valence-corrected chi connectivity index (χ3v) is 3.98. The van der Waals surface area contributed by atoms with Gasteiger partial charge in [0, 0.05) is 0 Å². The average molecular weight is 412 g/mol. The zero-order valence-corrected chi connectivity index (χ0v) is 15.0. The van der Waals surface area contributed by atoms with Gasteiger partial charge in [0.15, 0.2) is 10.1 Å². The first kappa shape index (κ1) is 21.4. The first-order valence-corrected chi connectivity index (χ1v) is 8.95. The first-order valence-electron chi connectivity index (χ1n) is 6.99. The van der Waals surface area contributed by atoms with Crippen LogP contribution in [-0.2, 0) is 26.1 Å². The number of fused-ring (bicyclic) bond motifs is 1. The first-order chi connectivity index (χ1) is 11.5. The summed E-state index contributed by atoms with van der Waals surface area (Å²) in [6.45, 7) is 2.14. The molecular formula is C17H15F3FeO3S. The van der Waals surface area contributed by atoms with E-state index in [0.29, 0.717) is 0 Å². The van der Waals surface area contributed by atoms with Gasteiger partial charge in [0.25, 0.3) is 0 Å². The van der Waals surface area contributed by atoms with E-state index in [9.17, 15) is 13.2 Å². The fourth-order valence-electron chi connectivity index (χ4n) is 1.80. The van der Waals surface area contributed by atoms with Crippen LogP contribution in [0.5, 0.6) is 0 Å². The minimum atomic E-state index is -6.09. The predicted molar refractivity (Wildman–Crippen MR) is 86.3 cm³/mol. The fourth-order valence-corrected chi connectivity index (χ4v) is 2.04. The summed E-state index contributed by atoms with van der Waals surface area (Å²) >= 11 is 3.74. The molecule has 0 saturated carbocycles. The molecule has 0 unspecified atom stereocenters. The van der Waals surface area contributed by atoms with E-state index in [0.717, 1.165) is 6.42 Å². The SMILES string of the molecule is Cc1cccc2ccccc12.O=S(=O)([O-])C(F)(F)F.[Fe+][C]1=CC=CC1. The van der Waals surface area contributed by atoms with Crippen molar-refractivity contribution in [3.8, 4) is 0 Å². The van der Waals surface area contributed by atoms with Gasteiger partial charge in [-0.15, -0.1) is 0 Å². The van der Waals surface area contributed by atoms with E-state index >= 15 is 0 Å².